The maximum Gasteiger partial charge on any atom is 0.138 e. The zero-order valence-electron chi connectivity index (χ0n) is 12.2. The summed E-state index contributed by atoms with van der Waals surface area (Å²) in [5.41, 5.74) is 9.47. The summed E-state index contributed by atoms with van der Waals surface area (Å²) in [5, 5.41) is 0. The Labute approximate surface area is 126 Å². The summed E-state index contributed by atoms with van der Waals surface area (Å²) in [7, 11) is 2.13. The van der Waals surface area contributed by atoms with Crippen molar-refractivity contribution in [3.05, 3.63) is 22.9 Å². The monoisotopic (exact) mass is 289 g/mol. The van der Waals surface area contributed by atoms with Crippen molar-refractivity contribution >= 4 is 23.0 Å². The van der Waals surface area contributed by atoms with Crippen molar-refractivity contribution < 1.29 is 0 Å². The van der Waals surface area contributed by atoms with Gasteiger partial charge in [-0.15, -0.1) is 0 Å². The molecule has 1 aromatic rings. The van der Waals surface area contributed by atoms with Crippen LogP contribution in [0.3, 0.4) is 0 Å². The van der Waals surface area contributed by atoms with Gasteiger partial charge in [-0.3, -0.25) is 0 Å². The molecule has 20 heavy (non-hydrogen) atoms. The lowest BCUT2D eigenvalue weighted by Crippen LogP contribution is -2.28. The number of rotatable bonds is 4. The van der Waals surface area contributed by atoms with Crippen LogP contribution >= 0.6 is 12.2 Å². The van der Waals surface area contributed by atoms with E-state index in [-0.39, 0.29) is 0 Å². The second-order valence-corrected chi connectivity index (χ2v) is 6.65. The molecule has 1 aromatic heterocycles. The third-order valence-corrected chi connectivity index (χ3v) is 4.88. The molecule has 0 atom stereocenters. The molecule has 1 fully saturated rings. The lowest BCUT2D eigenvalue weighted by Gasteiger charge is -2.25. The Balaban J connectivity index is 1.88. The van der Waals surface area contributed by atoms with Crippen LogP contribution in [-0.4, -0.2) is 23.6 Å². The summed E-state index contributed by atoms with van der Waals surface area (Å²) in [6.07, 6.45) is 8.85. The molecule has 0 amide bonds. The van der Waals surface area contributed by atoms with Gasteiger partial charge in [0, 0.05) is 19.3 Å². The SMILES string of the molecule is CN(CC1CCCC1)c1nc2c(cc1C(N)=S)CCC2. The second kappa shape index (κ2) is 5.68. The number of anilines is 1. The van der Waals surface area contributed by atoms with Crippen molar-refractivity contribution in [1.82, 2.24) is 4.98 Å². The van der Waals surface area contributed by atoms with Gasteiger partial charge in [0.1, 0.15) is 10.8 Å². The van der Waals surface area contributed by atoms with E-state index in [0.717, 1.165) is 36.7 Å². The highest BCUT2D eigenvalue weighted by molar-refractivity contribution is 7.80. The standard InChI is InChI=1S/C16H23N3S/c1-19(10-11-5-2-3-6-11)16-13(15(17)20)9-12-7-4-8-14(12)18-16/h9,11H,2-8,10H2,1H3,(H2,17,20). The topological polar surface area (TPSA) is 42.2 Å². The predicted molar refractivity (Wildman–Crippen MR) is 87.4 cm³/mol. The number of aryl methyl sites for hydroxylation is 2. The smallest absolute Gasteiger partial charge is 0.138 e. The highest BCUT2D eigenvalue weighted by Crippen LogP contribution is 2.30. The molecule has 0 radical (unpaired) electrons. The summed E-state index contributed by atoms with van der Waals surface area (Å²) in [6, 6.07) is 2.18. The van der Waals surface area contributed by atoms with Gasteiger partial charge in [0.15, 0.2) is 0 Å². The van der Waals surface area contributed by atoms with E-state index in [0.29, 0.717) is 4.99 Å². The van der Waals surface area contributed by atoms with Crippen molar-refractivity contribution in [2.75, 3.05) is 18.5 Å². The van der Waals surface area contributed by atoms with Crippen LogP contribution in [0.1, 0.15) is 48.9 Å². The average molecular weight is 289 g/mol. The van der Waals surface area contributed by atoms with Crippen LogP contribution in [0.15, 0.2) is 6.07 Å². The molecule has 2 N–H and O–H groups in total. The number of thiocarbonyl (C=S) groups is 1. The van der Waals surface area contributed by atoms with Gasteiger partial charge in [-0.1, -0.05) is 25.1 Å². The first-order valence-corrected chi connectivity index (χ1v) is 8.09. The van der Waals surface area contributed by atoms with Crippen molar-refractivity contribution in [2.45, 2.75) is 44.9 Å². The first-order valence-electron chi connectivity index (χ1n) is 7.69. The van der Waals surface area contributed by atoms with E-state index in [9.17, 15) is 0 Å². The molecule has 3 rings (SSSR count). The summed E-state index contributed by atoms with van der Waals surface area (Å²) >= 11 is 5.23. The van der Waals surface area contributed by atoms with Gasteiger partial charge in [-0.2, -0.15) is 0 Å². The third-order valence-electron chi connectivity index (χ3n) is 4.66. The van der Waals surface area contributed by atoms with Crippen LogP contribution in [0.25, 0.3) is 0 Å². The number of hydrogen-bond donors (Lipinski definition) is 1. The molecule has 1 heterocycles. The summed E-state index contributed by atoms with van der Waals surface area (Å²) in [6.45, 7) is 1.07. The third kappa shape index (κ3) is 2.66. The maximum atomic E-state index is 5.92. The molecule has 0 saturated heterocycles. The zero-order chi connectivity index (χ0) is 14.1. The second-order valence-electron chi connectivity index (χ2n) is 6.21. The van der Waals surface area contributed by atoms with Gasteiger partial charge in [-0.25, -0.2) is 4.98 Å². The summed E-state index contributed by atoms with van der Waals surface area (Å²) < 4.78 is 0. The molecule has 4 heteroatoms. The Bertz CT molecular complexity index is 521. The molecule has 108 valence electrons. The number of fused-ring (bicyclic) bond motifs is 1. The Morgan fingerprint density at radius 1 is 1.35 bits per heavy atom. The quantitative estimate of drug-likeness (QED) is 0.866. The van der Waals surface area contributed by atoms with Crippen molar-refractivity contribution in [2.24, 2.45) is 11.7 Å². The van der Waals surface area contributed by atoms with Gasteiger partial charge in [0.25, 0.3) is 0 Å². The fourth-order valence-corrected chi connectivity index (χ4v) is 3.75. The molecule has 0 aromatic carbocycles. The van der Waals surface area contributed by atoms with Crippen molar-refractivity contribution in [3.63, 3.8) is 0 Å². The average Bonchev–Trinajstić information content (AvgIpc) is 3.06. The Morgan fingerprint density at radius 3 is 2.80 bits per heavy atom. The van der Waals surface area contributed by atoms with Crippen LogP contribution < -0.4 is 10.6 Å². The Kier molecular flexibility index (Phi) is 3.92. The Hall–Kier alpha value is -1.16. The van der Waals surface area contributed by atoms with Crippen molar-refractivity contribution in [1.29, 1.82) is 0 Å². The first kappa shape index (κ1) is 13.8. The molecule has 2 aliphatic carbocycles. The van der Waals surface area contributed by atoms with E-state index < -0.39 is 0 Å². The molecule has 0 bridgehead atoms. The highest BCUT2D eigenvalue weighted by Gasteiger charge is 2.22. The fraction of sp³-hybridized carbons (Fsp3) is 0.625. The predicted octanol–water partition coefficient (Wildman–Crippen LogP) is 2.83. The fourth-order valence-electron chi connectivity index (χ4n) is 3.60. The van der Waals surface area contributed by atoms with Gasteiger partial charge < -0.3 is 10.6 Å². The van der Waals surface area contributed by atoms with Gasteiger partial charge >= 0.3 is 0 Å². The van der Waals surface area contributed by atoms with E-state index >= 15 is 0 Å². The Morgan fingerprint density at radius 2 is 2.10 bits per heavy atom. The minimum atomic E-state index is 0.473. The number of nitrogens with zero attached hydrogens (tertiary/aromatic N) is 2. The van der Waals surface area contributed by atoms with E-state index in [1.54, 1.807) is 0 Å². The van der Waals surface area contributed by atoms with E-state index in [1.807, 2.05) is 0 Å². The van der Waals surface area contributed by atoms with Crippen LogP contribution in [0.2, 0.25) is 0 Å². The molecule has 0 spiro atoms. The largest absolute Gasteiger partial charge is 0.389 e. The number of aromatic nitrogens is 1. The van der Waals surface area contributed by atoms with Gasteiger partial charge in [-0.05, 0) is 49.7 Å². The van der Waals surface area contributed by atoms with E-state index in [4.69, 9.17) is 22.9 Å². The summed E-state index contributed by atoms with van der Waals surface area (Å²) in [4.78, 5) is 7.61. The van der Waals surface area contributed by atoms with Crippen LogP contribution in [-0.2, 0) is 12.8 Å². The number of nitrogens with two attached hydrogens (primary N) is 1. The summed E-state index contributed by atoms with van der Waals surface area (Å²) in [5.74, 6) is 1.79. The highest BCUT2D eigenvalue weighted by atomic mass is 32.1. The lowest BCUT2D eigenvalue weighted by atomic mass is 10.1. The molecule has 0 aliphatic heterocycles. The van der Waals surface area contributed by atoms with E-state index in [2.05, 4.69) is 18.0 Å². The van der Waals surface area contributed by atoms with Gasteiger partial charge in [0.05, 0.1) is 5.56 Å². The lowest BCUT2D eigenvalue weighted by molar-refractivity contribution is 0.544. The zero-order valence-corrected chi connectivity index (χ0v) is 13.0. The van der Waals surface area contributed by atoms with Crippen LogP contribution in [0.5, 0.6) is 0 Å². The number of pyridine rings is 1. The molecular formula is C16H23N3S. The maximum absolute atomic E-state index is 5.92. The first-order chi connectivity index (χ1) is 9.65. The molecule has 3 nitrogen and oxygen atoms in total. The van der Waals surface area contributed by atoms with Crippen LogP contribution in [0.4, 0.5) is 5.82 Å². The molecular weight excluding hydrogens is 266 g/mol. The minimum Gasteiger partial charge on any atom is -0.389 e. The molecule has 0 unspecified atom stereocenters. The molecule has 1 saturated carbocycles. The minimum absolute atomic E-state index is 0.473. The van der Waals surface area contributed by atoms with Crippen molar-refractivity contribution in [3.8, 4) is 0 Å². The van der Waals surface area contributed by atoms with Crippen LogP contribution in [0, 0.1) is 5.92 Å². The molecule has 2 aliphatic rings. The number of hydrogen-bond acceptors (Lipinski definition) is 3. The van der Waals surface area contributed by atoms with E-state index in [1.165, 1.54) is 43.4 Å². The van der Waals surface area contributed by atoms with Gasteiger partial charge in [0.2, 0.25) is 0 Å². The normalized spacial score (nSPS) is 18.2.